The Morgan fingerprint density at radius 2 is 2.10 bits per heavy atom. The van der Waals surface area contributed by atoms with Crippen LogP contribution in [0.1, 0.15) is 25.7 Å². The molecule has 20 heavy (non-hydrogen) atoms. The van der Waals surface area contributed by atoms with Gasteiger partial charge in [0, 0.05) is 32.2 Å². The molecule has 1 unspecified atom stereocenters. The number of ether oxygens (including phenoxy) is 1. The number of amides is 1. The zero-order valence-electron chi connectivity index (χ0n) is 12.4. The Bertz CT molecular complexity index is 286. The first-order valence-electron chi connectivity index (χ1n) is 7.52. The van der Waals surface area contributed by atoms with Gasteiger partial charge in [0.25, 0.3) is 0 Å². The summed E-state index contributed by atoms with van der Waals surface area (Å²) in [6, 6.07) is 0.501. The van der Waals surface area contributed by atoms with Crippen molar-refractivity contribution in [1.82, 2.24) is 15.5 Å². The third kappa shape index (κ3) is 5.20. The van der Waals surface area contributed by atoms with E-state index < -0.39 is 0 Å². The summed E-state index contributed by atoms with van der Waals surface area (Å²) in [6.45, 7) is 5.63. The monoisotopic (exact) mass is 305 g/mol. The van der Waals surface area contributed by atoms with Crippen molar-refractivity contribution in [3.05, 3.63) is 0 Å². The minimum atomic E-state index is 0. The van der Waals surface area contributed by atoms with Crippen LogP contribution < -0.4 is 10.6 Å². The molecule has 0 aromatic rings. The third-order valence-electron chi connectivity index (χ3n) is 4.30. The Morgan fingerprint density at radius 3 is 2.80 bits per heavy atom. The summed E-state index contributed by atoms with van der Waals surface area (Å²) in [7, 11) is 1.74. The molecule has 0 aromatic carbocycles. The second-order valence-corrected chi connectivity index (χ2v) is 5.59. The van der Waals surface area contributed by atoms with Crippen molar-refractivity contribution in [2.45, 2.75) is 31.7 Å². The summed E-state index contributed by atoms with van der Waals surface area (Å²) < 4.78 is 5.14. The summed E-state index contributed by atoms with van der Waals surface area (Å²) in [6.07, 6.45) is 4.38. The van der Waals surface area contributed by atoms with E-state index in [0.717, 1.165) is 52.2 Å². The first kappa shape index (κ1) is 17.7. The van der Waals surface area contributed by atoms with Crippen LogP contribution in [0.5, 0.6) is 0 Å². The molecule has 0 aliphatic carbocycles. The standard InChI is InChI=1S/C14H27N3O2.ClH/c1-19-10-9-17-8-2-3-13(17)11-16-14(18)12-4-6-15-7-5-12;/h12-13,15H,2-11H2,1H3,(H,16,18);1H. The lowest BCUT2D eigenvalue weighted by Gasteiger charge is -2.26. The quantitative estimate of drug-likeness (QED) is 0.756. The van der Waals surface area contributed by atoms with E-state index in [1.165, 1.54) is 12.8 Å². The molecule has 0 bridgehead atoms. The van der Waals surface area contributed by atoms with Crippen molar-refractivity contribution in [2.24, 2.45) is 5.92 Å². The minimum absolute atomic E-state index is 0. The third-order valence-corrected chi connectivity index (χ3v) is 4.30. The Morgan fingerprint density at radius 1 is 1.35 bits per heavy atom. The van der Waals surface area contributed by atoms with Gasteiger partial charge in [0.2, 0.25) is 5.91 Å². The van der Waals surface area contributed by atoms with Gasteiger partial charge in [-0.15, -0.1) is 12.4 Å². The van der Waals surface area contributed by atoms with Crippen LogP contribution in [0.2, 0.25) is 0 Å². The van der Waals surface area contributed by atoms with Crippen molar-refractivity contribution in [1.29, 1.82) is 0 Å². The SMILES string of the molecule is COCCN1CCCC1CNC(=O)C1CCNCC1.Cl. The van der Waals surface area contributed by atoms with Gasteiger partial charge in [-0.2, -0.15) is 0 Å². The van der Waals surface area contributed by atoms with E-state index in [1.807, 2.05) is 0 Å². The Balaban J connectivity index is 0.00000200. The minimum Gasteiger partial charge on any atom is -0.383 e. The molecule has 2 heterocycles. The van der Waals surface area contributed by atoms with Crippen LogP contribution in [-0.4, -0.2) is 63.3 Å². The summed E-state index contributed by atoms with van der Waals surface area (Å²) in [4.78, 5) is 14.5. The number of methoxy groups -OCH3 is 1. The van der Waals surface area contributed by atoms with Gasteiger partial charge in [-0.25, -0.2) is 0 Å². The van der Waals surface area contributed by atoms with Crippen LogP contribution >= 0.6 is 12.4 Å². The van der Waals surface area contributed by atoms with E-state index in [4.69, 9.17) is 4.74 Å². The number of nitrogens with one attached hydrogen (secondary N) is 2. The lowest BCUT2D eigenvalue weighted by molar-refractivity contribution is -0.125. The molecule has 2 aliphatic heterocycles. The Hall–Kier alpha value is -0.360. The predicted octanol–water partition coefficient (Wildman–Crippen LogP) is 0.635. The largest absolute Gasteiger partial charge is 0.383 e. The zero-order chi connectivity index (χ0) is 13.5. The van der Waals surface area contributed by atoms with E-state index in [2.05, 4.69) is 15.5 Å². The van der Waals surface area contributed by atoms with Gasteiger partial charge < -0.3 is 15.4 Å². The van der Waals surface area contributed by atoms with Gasteiger partial charge in [0.1, 0.15) is 0 Å². The van der Waals surface area contributed by atoms with Crippen molar-refractivity contribution in [3.63, 3.8) is 0 Å². The Labute approximate surface area is 128 Å². The van der Waals surface area contributed by atoms with Gasteiger partial charge in [0.05, 0.1) is 6.61 Å². The first-order chi connectivity index (χ1) is 9.31. The summed E-state index contributed by atoms with van der Waals surface area (Å²) >= 11 is 0. The van der Waals surface area contributed by atoms with Gasteiger partial charge in [-0.1, -0.05) is 0 Å². The number of carbonyl (C=O) groups is 1. The van der Waals surface area contributed by atoms with E-state index >= 15 is 0 Å². The molecule has 2 aliphatic rings. The molecule has 1 amide bonds. The molecule has 0 radical (unpaired) electrons. The molecule has 6 heteroatoms. The molecular weight excluding hydrogens is 278 g/mol. The fraction of sp³-hybridized carbons (Fsp3) is 0.929. The van der Waals surface area contributed by atoms with Gasteiger partial charge in [-0.05, 0) is 45.3 Å². The molecule has 2 fully saturated rings. The topological polar surface area (TPSA) is 53.6 Å². The molecule has 2 saturated heterocycles. The number of halogens is 1. The fourth-order valence-corrected chi connectivity index (χ4v) is 3.08. The lowest BCUT2D eigenvalue weighted by Crippen LogP contribution is -2.44. The molecule has 118 valence electrons. The molecule has 2 N–H and O–H groups in total. The van der Waals surface area contributed by atoms with Crippen molar-refractivity contribution >= 4 is 18.3 Å². The molecule has 5 nitrogen and oxygen atoms in total. The van der Waals surface area contributed by atoms with Gasteiger partial charge >= 0.3 is 0 Å². The molecule has 0 aromatic heterocycles. The predicted molar refractivity (Wildman–Crippen MR) is 82.3 cm³/mol. The van der Waals surface area contributed by atoms with Crippen molar-refractivity contribution < 1.29 is 9.53 Å². The number of rotatable bonds is 6. The normalized spacial score (nSPS) is 24.4. The van der Waals surface area contributed by atoms with Crippen LogP contribution in [0.3, 0.4) is 0 Å². The lowest BCUT2D eigenvalue weighted by atomic mass is 9.97. The second kappa shape index (κ2) is 9.55. The maximum absolute atomic E-state index is 12.1. The maximum atomic E-state index is 12.1. The van der Waals surface area contributed by atoms with Crippen LogP contribution in [0.4, 0.5) is 0 Å². The van der Waals surface area contributed by atoms with E-state index in [9.17, 15) is 4.79 Å². The highest BCUT2D eigenvalue weighted by atomic mass is 35.5. The summed E-state index contributed by atoms with van der Waals surface area (Å²) in [5.41, 5.74) is 0. The average Bonchev–Trinajstić information content (AvgIpc) is 2.91. The van der Waals surface area contributed by atoms with Crippen LogP contribution in [-0.2, 0) is 9.53 Å². The van der Waals surface area contributed by atoms with Crippen LogP contribution in [0, 0.1) is 5.92 Å². The van der Waals surface area contributed by atoms with Crippen molar-refractivity contribution in [2.75, 3.05) is 46.4 Å². The molecule has 0 spiro atoms. The number of carbonyl (C=O) groups excluding carboxylic acids is 1. The number of likely N-dealkylation sites (tertiary alicyclic amines) is 1. The first-order valence-corrected chi connectivity index (χ1v) is 7.52. The molecule has 0 saturated carbocycles. The highest BCUT2D eigenvalue weighted by molar-refractivity contribution is 5.85. The molecule has 2 rings (SSSR count). The molecule has 1 atom stereocenters. The molecular formula is C14H28ClN3O2. The van der Waals surface area contributed by atoms with E-state index in [-0.39, 0.29) is 24.2 Å². The Kier molecular flexibility index (Phi) is 8.45. The average molecular weight is 306 g/mol. The maximum Gasteiger partial charge on any atom is 0.223 e. The number of hydrogen-bond acceptors (Lipinski definition) is 4. The summed E-state index contributed by atoms with van der Waals surface area (Å²) in [5, 5.41) is 6.45. The fourth-order valence-electron chi connectivity index (χ4n) is 3.08. The van der Waals surface area contributed by atoms with Crippen LogP contribution in [0.15, 0.2) is 0 Å². The number of piperidine rings is 1. The van der Waals surface area contributed by atoms with Gasteiger partial charge in [-0.3, -0.25) is 9.69 Å². The van der Waals surface area contributed by atoms with Crippen LogP contribution in [0.25, 0.3) is 0 Å². The second-order valence-electron chi connectivity index (χ2n) is 5.59. The highest BCUT2D eigenvalue weighted by Crippen LogP contribution is 2.17. The van der Waals surface area contributed by atoms with E-state index in [1.54, 1.807) is 7.11 Å². The van der Waals surface area contributed by atoms with E-state index in [0.29, 0.717) is 6.04 Å². The smallest absolute Gasteiger partial charge is 0.223 e. The van der Waals surface area contributed by atoms with Gasteiger partial charge in [0.15, 0.2) is 0 Å². The van der Waals surface area contributed by atoms with Crippen molar-refractivity contribution in [3.8, 4) is 0 Å². The number of nitrogens with zero attached hydrogens (tertiary/aromatic N) is 1. The highest BCUT2D eigenvalue weighted by Gasteiger charge is 2.26. The number of hydrogen-bond donors (Lipinski definition) is 2. The zero-order valence-corrected chi connectivity index (χ0v) is 13.2. The summed E-state index contributed by atoms with van der Waals surface area (Å²) in [5.74, 6) is 0.468.